The van der Waals surface area contributed by atoms with Crippen LogP contribution in [0.2, 0.25) is 0 Å². The van der Waals surface area contributed by atoms with E-state index < -0.39 is 24.0 Å². The fraction of sp³-hybridized carbons (Fsp3) is 0.619. The van der Waals surface area contributed by atoms with Gasteiger partial charge in [-0.15, -0.1) is 0 Å². The number of nitrogens with two attached hydrogens (primary N) is 2. The van der Waals surface area contributed by atoms with Gasteiger partial charge in [-0.3, -0.25) is 14.5 Å². The lowest BCUT2D eigenvalue weighted by Gasteiger charge is -2.29. The Morgan fingerprint density at radius 3 is 2.07 bits per heavy atom. The van der Waals surface area contributed by atoms with Gasteiger partial charge in [0.1, 0.15) is 12.1 Å². The molecule has 0 bridgehead atoms. The fourth-order valence-corrected chi connectivity index (χ4v) is 3.27. The molecule has 4 unspecified atom stereocenters. The molecule has 0 aromatic heterocycles. The molecule has 0 aliphatic carbocycles. The van der Waals surface area contributed by atoms with Gasteiger partial charge in [0.05, 0.1) is 0 Å². The number of carboxylic acid groups (broad SMARTS) is 2. The number of nitrogens with zero attached hydrogens (tertiary/aromatic N) is 1. The Bertz CT molecular complexity index is 655. The van der Waals surface area contributed by atoms with Crippen molar-refractivity contribution in [2.45, 2.75) is 63.7 Å². The van der Waals surface area contributed by atoms with Crippen LogP contribution in [0, 0.1) is 0 Å². The predicted molar refractivity (Wildman–Crippen MR) is 114 cm³/mol. The zero-order valence-electron chi connectivity index (χ0n) is 17.7. The summed E-state index contributed by atoms with van der Waals surface area (Å²) in [5, 5.41) is 21.2. The third-order valence-electron chi connectivity index (χ3n) is 5.38. The minimum atomic E-state index is -0.968. The maximum atomic E-state index is 10.8. The molecule has 0 fully saturated rings. The topological polar surface area (TPSA) is 142 Å². The average molecular weight is 409 g/mol. The van der Waals surface area contributed by atoms with Gasteiger partial charge in [-0.1, -0.05) is 24.3 Å². The summed E-state index contributed by atoms with van der Waals surface area (Å²) in [6.07, 6.45) is 2.30. The van der Waals surface area contributed by atoms with Gasteiger partial charge in [0.25, 0.3) is 0 Å². The second-order valence-corrected chi connectivity index (χ2v) is 7.64. The van der Waals surface area contributed by atoms with Crippen molar-refractivity contribution in [3.05, 3.63) is 35.4 Å². The number of carboxylic acids is 2. The first-order valence-corrected chi connectivity index (χ1v) is 10.1. The standard InChI is InChI=1S/C21H36N4O4/c1-14(24-12-6-10-18(22)20(26)27)16-8-4-5-9-17(16)15(2)25(3)13-7-11-19(23)21(28)29/h4-5,8-9,14-15,18-19,24H,6-7,10-13,22-23H2,1-3H3,(H,26,27)(H,28,29). The van der Waals surface area contributed by atoms with E-state index in [1.54, 1.807) is 0 Å². The molecule has 4 atom stereocenters. The van der Waals surface area contributed by atoms with E-state index in [-0.39, 0.29) is 12.1 Å². The molecular formula is C21H36N4O4. The molecule has 29 heavy (non-hydrogen) atoms. The van der Waals surface area contributed by atoms with Crippen molar-refractivity contribution >= 4 is 11.9 Å². The van der Waals surface area contributed by atoms with Crippen LogP contribution in [0.4, 0.5) is 0 Å². The minimum absolute atomic E-state index is 0.114. The highest BCUT2D eigenvalue weighted by atomic mass is 16.4. The van der Waals surface area contributed by atoms with Crippen LogP contribution in [0.15, 0.2) is 24.3 Å². The number of hydrogen-bond donors (Lipinski definition) is 5. The largest absolute Gasteiger partial charge is 0.480 e. The lowest BCUT2D eigenvalue weighted by atomic mass is 9.95. The summed E-state index contributed by atoms with van der Waals surface area (Å²) in [5.74, 6) is -1.93. The van der Waals surface area contributed by atoms with E-state index in [1.807, 2.05) is 19.2 Å². The lowest BCUT2D eigenvalue weighted by molar-refractivity contribution is -0.139. The van der Waals surface area contributed by atoms with E-state index in [1.165, 1.54) is 11.1 Å². The second kappa shape index (κ2) is 12.5. The maximum absolute atomic E-state index is 10.8. The highest BCUT2D eigenvalue weighted by molar-refractivity contribution is 5.73. The van der Waals surface area contributed by atoms with Gasteiger partial charge in [-0.05, 0) is 70.8 Å². The fourth-order valence-electron chi connectivity index (χ4n) is 3.27. The summed E-state index contributed by atoms with van der Waals surface area (Å²) in [5.41, 5.74) is 13.5. The molecule has 8 nitrogen and oxygen atoms in total. The summed E-state index contributed by atoms with van der Waals surface area (Å²) < 4.78 is 0. The quantitative estimate of drug-likeness (QED) is 0.293. The molecule has 0 amide bonds. The summed E-state index contributed by atoms with van der Waals surface area (Å²) in [4.78, 5) is 23.8. The summed E-state index contributed by atoms with van der Waals surface area (Å²) in [6, 6.07) is 6.88. The second-order valence-electron chi connectivity index (χ2n) is 7.64. The van der Waals surface area contributed by atoms with E-state index in [2.05, 4.69) is 36.2 Å². The van der Waals surface area contributed by atoms with E-state index >= 15 is 0 Å². The van der Waals surface area contributed by atoms with Gasteiger partial charge in [0.15, 0.2) is 0 Å². The van der Waals surface area contributed by atoms with Gasteiger partial charge >= 0.3 is 11.9 Å². The minimum Gasteiger partial charge on any atom is -0.480 e. The van der Waals surface area contributed by atoms with Crippen molar-refractivity contribution in [2.75, 3.05) is 20.1 Å². The molecule has 0 saturated heterocycles. The molecule has 0 saturated carbocycles. The Labute approximate surface area is 173 Å². The molecule has 1 aromatic rings. The normalized spacial score (nSPS) is 15.7. The third kappa shape index (κ3) is 8.49. The van der Waals surface area contributed by atoms with Crippen molar-refractivity contribution in [2.24, 2.45) is 11.5 Å². The molecule has 8 heteroatoms. The van der Waals surface area contributed by atoms with Crippen LogP contribution in [0.5, 0.6) is 0 Å². The Kier molecular flexibility index (Phi) is 10.8. The van der Waals surface area contributed by atoms with Crippen molar-refractivity contribution in [1.29, 1.82) is 0 Å². The first-order chi connectivity index (χ1) is 13.6. The van der Waals surface area contributed by atoms with Crippen molar-refractivity contribution in [3.63, 3.8) is 0 Å². The first kappa shape index (κ1) is 25.0. The molecule has 164 valence electrons. The smallest absolute Gasteiger partial charge is 0.320 e. The predicted octanol–water partition coefficient (Wildman–Crippen LogP) is 1.71. The molecule has 0 radical (unpaired) electrons. The van der Waals surface area contributed by atoms with E-state index in [4.69, 9.17) is 21.7 Å². The molecule has 0 spiro atoms. The van der Waals surface area contributed by atoms with Crippen LogP contribution in [0.1, 0.15) is 62.7 Å². The number of nitrogens with one attached hydrogen (secondary N) is 1. The number of carbonyl (C=O) groups is 2. The van der Waals surface area contributed by atoms with Crippen LogP contribution in [-0.2, 0) is 9.59 Å². The van der Waals surface area contributed by atoms with Crippen LogP contribution < -0.4 is 16.8 Å². The van der Waals surface area contributed by atoms with Crippen molar-refractivity contribution in [1.82, 2.24) is 10.2 Å². The van der Waals surface area contributed by atoms with E-state index in [0.717, 1.165) is 6.54 Å². The van der Waals surface area contributed by atoms with Gasteiger partial charge in [0.2, 0.25) is 0 Å². The zero-order valence-corrected chi connectivity index (χ0v) is 17.7. The molecule has 1 aromatic carbocycles. The average Bonchev–Trinajstić information content (AvgIpc) is 2.69. The summed E-state index contributed by atoms with van der Waals surface area (Å²) in [6.45, 7) is 5.67. The molecule has 1 rings (SSSR count). The summed E-state index contributed by atoms with van der Waals surface area (Å²) >= 11 is 0. The Balaban J connectivity index is 2.62. The Morgan fingerprint density at radius 1 is 1.00 bits per heavy atom. The number of hydrogen-bond acceptors (Lipinski definition) is 6. The van der Waals surface area contributed by atoms with Crippen molar-refractivity contribution < 1.29 is 19.8 Å². The van der Waals surface area contributed by atoms with Crippen LogP contribution >= 0.6 is 0 Å². The first-order valence-electron chi connectivity index (χ1n) is 10.1. The lowest BCUT2D eigenvalue weighted by Crippen LogP contribution is -2.32. The highest BCUT2D eigenvalue weighted by Gasteiger charge is 2.19. The highest BCUT2D eigenvalue weighted by Crippen LogP contribution is 2.27. The molecule has 0 aliphatic rings. The zero-order chi connectivity index (χ0) is 22.0. The maximum Gasteiger partial charge on any atom is 0.320 e. The van der Waals surface area contributed by atoms with E-state index in [0.29, 0.717) is 32.2 Å². The molecule has 0 aliphatic heterocycles. The van der Waals surface area contributed by atoms with E-state index in [9.17, 15) is 9.59 Å². The monoisotopic (exact) mass is 408 g/mol. The van der Waals surface area contributed by atoms with Crippen LogP contribution in [0.3, 0.4) is 0 Å². The summed E-state index contributed by atoms with van der Waals surface area (Å²) in [7, 11) is 2.03. The number of rotatable bonds is 14. The Morgan fingerprint density at radius 2 is 1.52 bits per heavy atom. The molecule has 7 N–H and O–H groups in total. The third-order valence-corrected chi connectivity index (χ3v) is 5.38. The van der Waals surface area contributed by atoms with Crippen LogP contribution in [0.25, 0.3) is 0 Å². The number of aliphatic carboxylic acids is 2. The van der Waals surface area contributed by atoms with Gasteiger partial charge in [0, 0.05) is 12.1 Å². The van der Waals surface area contributed by atoms with Gasteiger partial charge in [-0.25, -0.2) is 0 Å². The SMILES string of the molecule is CC(NCCCC(N)C(=O)O)c1ccccc1C(C)N(C)CCCC(N)C(=O)O. The Hall–Kier alpha value is -2.00. The van der Waals surface area contributed by atoms with Gasteiger partial charge < -0.3 is 27.0 Å². The van der Waals surface area contributed by atoms with Crippen LogP contribution in [-0.4, -0.2) is 59.3 Å². The number of benzene rings is 1. The molecule has 0 heterocycles. The van der Waals surface area contributed by atoms with Gasteiger partial charge in [-0.2, -0.15) is 0 Å². The molecular weight excluding hydrogens is 372 g/mol. The van der Waals surface area contributed by atoms with Crippen molar-refractivity contribution in [3.8, 4) is 0 Å².